The summed E-state index contributed by atoms with van der Waals surface area (Å²) in [6.45, 7) is 0.635. The highest BCUT2D eigenvalue weighted by molar-refractivity contribution is 5.74. The van der Waals surface area contributed by atoms with E-state index in [1.807, 2.05) is 24.3 Å². The number of nitrogens with two attached hydrogens (primary N) is 1. The van der Waals surface area contributed by atoms with E-state index >= 15 is 0 Å². The number of aliphatic hydroxyl groups excluding tert-OH is 1. The largest absolute Gasteiger partial charge is 0.480 e. The first-order valence-electron chi connectivity index (χ1n) is 6.02. The van der Waals surface area contributed by atoms with Gasteiger partial charge in [0.15, 0.2) is 0 Å². The zero-order valence-electron chi connectivity index (χ0n) is 10.1. The first-order valence-corrected chi connectivity index (χ1v) is 6.02. The van der Waals surface area contributed by atoms with Gasteiger partial charge in [-0.05, 0) is 24.5 Å². The molecule has 0 aliphatic carbocycles. The molecule has 98 valence electrons. The highest BCUT2D eigenvalue weighted by atomic mass is 16.4. The van der Waals surface area contributed by atoms with E-state index in [0.29, 0.717) is 19.4 Å². The van der Waals surface area contributed by atoms with E-state index in [1.54, 1.807) is 0 Å². The minimum atomic E-state index is -1.00. The molecule has 2 rings (SSSR count). The van der Waals surface area contributed by atoms with Crippen LogP contribution in [0, 0.1) is 0 Å². The molecule has 0 spiro atoms. The molecule has 0 radical (unpaired) electrons. The Hall–Kier alpha value is -1.59. The van der Waals surface area contributed by atoms with E-state index < -0.39 is 12.0 Å². The van der Waals surface area contributed by atoms with Crippen molar-refractivity contribution in [1.82, 2.24) is 0 Å². The van der Waals surface area contributed by atoms with E-state index in [-0.39, 0.29) is 12.0 Å². The van der Waals surface area contributed by atoms with E-state index in [4.69, 9.17) is 10.8 Å². The van der Waals surface area contributed by atoms with Crippen molar-refractivity contribution in [3.8, 4) is 0 Å². The number of hydrogen-bond acceptors (Lipinski definition) is 4. The molecule has 0 fully saturated rings. The predicted octanol–water partition coefficient (Wildman–Crippen LogP) is 0.534. The van der Waals surface area contributed by atoms with Crippen LogP contribution in [0.4, 0.5) is 5.69 Å². The van der Waals surface area contributed by atoms with Crippen molar-refractivity contribution in [1.29, 1.82) is 0 Å². The maximum absolute atomic E-state index is 10.9. The maximum atomic E-state index is 10.9. The number of carboxylic acid groups (broad SMARTS) is 1. The molecule has 1 aliphatic heterocycles. The second kappa shape index (κ2) is 4.96. The van der Waals surface area contributed by atoms with Crippen LogP contribution in [0.2, 0.25) is 0 Å². The molecule has 0 bridgehead atoms. The fourth-order valence-corrected chi connectivity index (χ4v) is 2.69. The Balaban J connectivity index is 2.32. The van der Waals surface area contributed by atoms with Crippen LogP contribution in [0.1, 0.15) is 18.4 Å². The van der Waals surface area contributed by atoms with Crippen molar-refractivity contribution in [3.05, 3.63) is 29.8 Å². The molecule has 0 aromatic heterocycles. The lowest BCUT2D eigenvalue weighted by molar-refractivity contribution is -0.139. The molecule has 5 nitrogen and oxygen atoms in total. The minimum Gasteiger partial charge on any atom is -0.480 e. The first kappa shape index (κ1) is 12.9. The summed E-state index contributed by atoms with van der Waals surface area (Å²) >= 11 is 0. The number of aliphatic carboxylic acids is 1. The highest BCUT2D eigenvalue weighted by Gasteiger charge is 2.40. The number of carboxylic acids is 1. The van der Waals surface area contributed by atoms with Crippen LogP contribution in [0.25, 0.3) is 0 Å². The van der Waals surface area contributed by atoms with Gasteiger partial charge in [-0.15, -0.1) is 0 Å². The summed E-state index contributed by atoms with van der Waals surface area (Å²) in [5.41, 5.74) is 7.33. The van der Waals surface area contributed by atoms with Gasteiger partial charge in [-0.1, -0.05) is 18.2 Å². The molecule has 1 aromatic rings. The SMILES string of the molecule is N[C@@H](C[C@@]1(CCO)CNc2ccccc21)C(=O)O. The summed E-state index contributed by atoms with van der Waals surface area (Å²) in [5, 5.41) is 21.5. The van der Waals surface area contributed by atoms with Crippen LogP contribution in [0.15, 0.2) is 24.3 Å². The number of benzene rings is 1. The summed E-state index contributed by atoms with van der Waals surface area (Å²) in [6, 6.07) is 6.87. The molecule has 0 unspecified atom stereocenters. The molecule has 0 amide bonds. The average Bonchev–Trinajstić information content (AvgIpc) is 2.69. The Morgan fingerprint density at radius 3 is 2.89 bits per heavy atom. The van der Waals surface area contributed by atoms with Crippen LogP contribution in [-0.4, -0.2) is 35.4 Å². The van der Waals surface area contributed by atoms with Gasteiger partial charge in [-0.3, -0.25) is 4.79 Å². The third-order valence-corrected chi connectivity index (χ3v) is 3.63. The number of anilines is 1. The summed E-state index contributed by atoms with van der Waals surface area (Å²) in [4.78, 5) is 10.9. The van der Waals surface area contributed by atoms with Crippen LogP contribution in [-0.2, 0) is 10.2 Å². The number of aliphatic hydroxyl groups is 1. The van der Waals surface area contributed by atoms with Crippen LogP contribution >= 0.6 is 0 Å². The van der Waals surface area contributed by atoms with Crippen molar-refractivity contribution in [2.45, 2.75) is 24.3 Å². The topological polar surface area (TPSA) is 95.6 Å². The van der Waals surface area contributed by atoms with Crippen molar-refractivity contribution in [2.24, 2.45) is 5.73 Å². The van der Waals surface area contributed by atoms with Gasteiger partial charge < -0.3 is 21.3 Å². The Morgan fingerprint density at radius 1 is 1.50 bits per heavy atom. The van der Waals surface area contributed by atoms with Gasteiger partial charge >= 0.3 is 5.97 Å². The Morgan fingerprint density at radius 2 is 2.22 bits per heavy atom. The number of hydrogen-bond donors (Lipinski definition) is 4. The molecule has 0 saturated heterocycles. The smallest absolute Gasteiger partial charge is 0.320 e. The van der Waals surface area contributed by atoms with Gasteiger partial charge in [0.2, 0.25) is 0 Å². The second-order valence-corrected chi connectivity index (χ2v) is 4.80. The molecule has 0 saturated carbocycles. The van der Waals surface area contributed by atoms with E-state index in [1.165, 1.54) is 0 Å². The summed E-state index contributed by atoms with van der Waals surface area (Å²) in [5.74, 6) is -1.00. The van der Waals surface area contributed by atoms with Crippen molar-refractivity contribution in [3.63, 3.8) is 0 Å². The Kier molecular flexibility index (Phi) is 3.54. The summed E-state index contributed by atoms with van der Waals surface area (Å²) < 4.78 is 0. The number of nitrogens with one attached hydrogen (secondary N) is 1. The fourth-order valence-electron chi connectivity index (χ4n) is 2.69. The average molecular weight is 250 g/mol. The van der Waals surface area contributed by atoms with Crippen molar-refractivity contribution >= 4 is 11.7 Å². The molecular formula is C13H18N2O3. The number of fused-ring (bicyclic) bond motifs is 1. The fraction of sp³-hybridized carbons (Fsp3) is 0.462. The summed E-state index contributed by atoms with van der Waals surface area (Å²) in [6.07, 6.45) is 0.838. The first-order chi connectivity index (χ1) is 8.59. The minimum absolute atomic E-state index is 0.0162. The molecular weight excluding hydrogens is 232 g/mol. The molecule has 5 heteroatoms. The van der Waals surface area contributed by atoms with E-state index in [0.717, 1.165) is 11.3 Å². The third kappa shape index (κ3) is 2.19. The predicted molar refractivity (Wildman–Crippen MR) is 68.5 cm³/mol. The summed E-state index contributed by atoms with van der Waals surface area (Å²) in [7, 11) is 0. The van der Waals surface area contributed by atoms with Gasteiger partial charge in [0, 0.05) is 24.3 Å². The lowest BCUT2D eigenvalue weighted by Gasteiger charge is -2.30. The lowest BCUT2D eigenvalue weighted by atomic mass is 9.74. The third-order valence-electron chi connectivity index (χ3n) is 3.63. The Labute approximate surface area is 106 Å². The highest BCUT2D eigenvalue weighted by Crippen LogP contribution is 2.42. The van der Waals surface area contributed by atoms with Gasteiger partial charge in [-0.2, -0.15) is 0 Å². The van der Waals surface area contributed by atoms with E-state index in [9.17, 15) is 9.90 Å². The van der Waals surface area contributed by atoms with Crippen LogP contribution in [0.3, 0.4) is 0 Å². The van der Waals surface area contributed by atoms with Gasteiger partial charge in [-0.25, -0.2) is 0 Å². The quantitative estimate of drug-likeness (QED) is 0.611. The standard InChI is InChI=1S/C13H18N2O3/c14-10(12(17)18)7-13(5-6-16)8-15-11-4-2-1-3-9(11)13/h1-4,10,15-16H,5-8,14H2,(H,17,18)/t10-,13-/m0/s1. The monoisotopic (exact) mass is 250 g/mol. The number of rotatable bonds is 5. The molecule has 18 heavy (non-hydrogen) atoms. The van der Waals surface area contributed by atoms with Crippen LogP contribution < -0.4 is 11.1 Å². The Bertz CT molecular complexity index is 446. The zero-order valence-corrected chi connectivity index (χ0v) is 10.1. The molecule has 2 atom stereocenters. The molecule has 1 heterocycles. The number of para-hydroxylation sites is 1. The molecule has 1 aromatic carbocycles. The molecule has 1 aliphatic rings. The molecule has 5 N–H and O–H groups in total. The van der Waals surface area contributed by atoms with Crippen LogP contribution in [0.5, 0.6) is 0 Å². The van der Waals surface area contributed by atoms with E-state index in [2.05, 4.69) is 5.32 Å². The number of carbonyl (C=O) groups is 1. The van der Waals surface area contributed by atoms with Crippen molar-refractivity contribution < 1.29 is 15.0 Å². The maximum Gasteiger partial charge on any atom is 0.320 e. The van der Waals surface area contributed by atoms with Gasteiger partial charge in [0.05, 0.1) is 0 Å². The second-order valence-electron chi connectivity index (χ2n) is 4.80. The normalized spacial score (nSPS) is 23.2. The lowest BCUT2D eigenvalue weighted by Crippen LogP contribution is -2.41. The van der Waals surface area contributed by atoms with Crippen molar-refractivity contribution in [2.75, 3.05) is 18.5 Å². The van der Waals surface area contributed by atoms with Gasteiger partial charge in [0.1, 0.15) is 6.04 Å². The van der Waals surface area contributed by atoms with Gasteiger partial charge in [0.25, 0.3) is 0 Å². The zero-order chi connectivity index (χ0) is 13.2.